The second-order valence-corrected chi connectivity index (χ2v) is 7.71. The summed E-state index contributed by atoms with van der Waals surface area (Å²) in [5.74, 6) is 0.776. The Kier molecular flexibility index (Phi) is 5.26. The van der Waals surface area contributed by atoms with Gasteiger partial charge in [-0.2, -0.15) is 0 Å². The van der Waals surface area contributed by atoms with E-state index < -0.39 is 0 Å². The maximum atomic E-state index is 12.6. The molecule has 0 amide bonds. The van der Waals surface area contributed by atoms with E-state index in [-0.39, 0.29) is 28.0 Å². The Morgan fingerprint density at radius 3 is 2.52 bits per heavy atom. The van der Waals surface area contributed by atoms with E-state index in [0.717, 1.165) is 12.8 Å². The van der Waals surface area contributed by atoms with Gasteiger partial charge in [-0.1, -0.05) is 69.3 Å². The highest BCUT2D eigenvalue weighted by Crippen LogP contribution is 2.45. The molecule has 0 radical (unpaired) electrons. The van der Waals surface area contributed by atoms with Crippen molar-refractivity contribution in [1.29, 1.82) is 0 Å². The van der Waals surface area contributed by atoms with E-state index >= 15 is 0 Å². The van der Waals surface area contributed by atoms with Gasteiger partial charge in [0.1, 0.15) is 0 Å². The molecule has 1 aliphatic carbocycles. The molecule has 2 atom stereocenters. The second-order valence-electron chi connectivity index (χ2n) is 6.73. The number of ketones is 1. The van der Waals surface area contributed by atoms with Gasteiger partial charge < -0.3 is 0 Å². The first-order valence-corrected chi connectivity index (χ1v) is 8.65. The van der Waals surface area contributed by atoms with Crippen LogP contribution in [0.2, 0.25) is 0 Å². The molecule has 0 saturated heterocycles. The first-order valence-electron chi connectivity index (χ1n) is 7.67. The zero-order valence-corrected chi connectivity index (χ0v) is 13.9. The fourth-order valence-electron chi connectivity index (χ4n) is 3.46. The third-order valence-corrected chi connectivity index (χ3v) is 5.53. The summed E-state index contributed by atoms with van der Waals surface area (Å²) in [6, 6.07) is 9.21. The Labute approximate surface area is 131 Å². The molecule has 1 aliphatic rings. The first-order chi connectivity index (χ1) is 9.92. The van der Waals surface area contributed by atoms with Crippen molar-refractivity contribution in [3.63, 3.8) is 0 Å². The second kappa shape index (κ2) is 6.78. The summed E-state index contributed by atoms with van der Waals surface area (Å²) in [6.07, 6.45) is 3.42. The van der Waals surface area contributed by atoms with Gasteiger partial charge in [-0.25, -0.2) is 0 Å². The van der Waals surface area contributed by atoms with Gasteiger partial charge in [0.15, 0.2) is 10.9 Å². The predicted molar refractivity (Wildman–Crippen MR) is 88.5 cm³/mol. The standard InChI is InChI=1S/C18H24O2S/c1-13-8-7-11-18(2,3)16(13)17(20)21-12-15(19)14-9-5-4-6-10-14/h4-6,9-10,13,16H,7-8,11-12H2,1-3H3. The Morgan fingerprint density at radius 1 is 1.24 bits per heavy atom. The van der Waals surface area contributed by atoms with Crippen LogP contribution in [0.4, 0.5) is 0 Å². The monoisotopic (exact) mass is 304 g/mol. The van der Waals surface area contributed by atoms with E-state index in [1.165, 1.54) is 18.2 Å². The highest BCUT2D eigenvalue weighted by atomic mass is 32.2. The van der Waals surface area contributed by atoms with E-state index in [1.807, 2.05) is 18.2 Å². The number of hydrogen-bond acceptors (Lipinski definition) is 3. The van der Waals surface area contributed by atoms with Crippen LogP contribution in [0, 0.1) is 17.3 Å². The lowest BCUT2D eigenvalue weighted by Crippen LogP contribution is -2.38. The molecule has 0 bridgehead atoms. The molecule has 1 saturated carbocycles. The minimum Gasteiger partial charge on any atom is -0.293 e. The molecular formula is C18H24O2S. The van der Waals surface area contributed by atoms with E-state index in [9.17, 15) is 9.59 Å². The van der Waals surface area contributed by atoms with Gasteiger partial charge in [-0.15, -0.1) is 0 Å². The summed E-state index contributed by atoms with van der Waals surface area (Å²) < 4.78 is 0. The molecule has 2 rings (SSSR count). The van der Waals surface area contributed by atoms with Crippen molar-refractivity contribution in [2.24, 2.45) is 17.3 Å². The molecule has 21 heavy (non-hydrogen) atoms. The maximum Gasteiger partial charge on any atom is 0.193 e. The van der Waals surface area contributed by atoms with Crippen molar-refractivity contribution < 1.29 is 9.59 Å². The predicted octanol–water partition coefficient (Wildman–Crippen LogP) is 4.59. The van der Waals surface area contributed by atoms with Crippen molar-refractivity contribution in [2.75, 3.05) is 5.75 Å². The fourth-order valence-corrected chi connectivity index (χ4v) is 4.63. The molecule has 0 heterocycles. The van der Waals surface area contributed by atoms with Crippen LogP contribution in [0.3, 0.4) is 0 Å². The van der Waals surface area contributed by atoms with Crippen molar-refractivity contribution >= 4 is 22.7 Å². The zero-order chi connectivity index (χ0) is 15.5. The smallest absolute Gasteiger partial charge is 0.193 e. The van der Waals surface area contributed by atoms with Crippen molar-refractivity contribution in [2.45, 2.75) is 40.0 Å². The minimum absolute atomic E-state index is 0.0372. The summed E-state index contributed by atoms with van der Waals surface area (Å²) in [5, 5.41) is 0.191. The van der Waals surface area contributed by atoms with Crippen LogP contribution in [-0.4, -0.2) is 16.7 Å². The highest BCUT2D eigenvalue weighted by Gasteiger charge is 2.41. The third kappa shape index (κ3) is 3.97. The molecule has 1 fully saturated rings. The van der Waals surface area contributed by atoms with Gasteiger partial charge in [-0.05, 0) is 24.2 Å². The summed E-state index contributed by atoms with van der Waals surface area (Å²) in [5.41, 5.74) is 0.742. The molecule has 114 valence electrons. The summed E-state index contributed by atoms with van der Waals surface area (Å²) >= 11 is 1.20. The number of Topliss-reactive ketones (excluding diaryl/α,β-unsaturated/α-hetero) is 1. The molecule has 2 unspecified atom stereocenters. The summed E-state index contributed by atoms with van der Waals surface area (Å²) in [7, 11) is 0. The van der Waals surface area contributed by atoms with Gasteiger partial charge in [-0.3, -0.25) is 9.59 Å². The average Bonchev–Trinajstić information content (AvgIpc) is 2.44. The molecule has 1 aromatic carbocycles. The number of carbonyl (C=O) groups is 2. The van der Waals surface area contributed by atoms with Crippen molar-refractivity contribution in [3.8, 4) is 0 Å². The lowest BCUT2D eigenvalue weighted by atomic mass is 9.65. The first kappa shape index (κ1) is 16.3. The summed E-state index contributed by atoms with van der Waals surface area (Å²) in [4.78, 5) is 24.7. The topological polar surface area (TPSA) is 34.1 Å². The van der Waals surface area contributed by atoms with Crippen LogP contribution in [0.15, 0.2) is 30.3 Å². The molecule has 0 aliphatic heterocycles. The third-order valence-electron chi connectivity index (χ3n) is 4.59. The number of thioether (sulfide) groups is 1. The van der Waals surface area contributed by atoms with E-state index in [4.69, 9.17) is 0 Å². The van der Waals surface area contributed by atoms with Gasteiger partial charge in [0.25, 0.3) is 0 Å². The fraction of sp³-hybridized carbons (Fsp3) is 0.556. The Bertz CT molecular complexity index is 507. The number of benzene rings is 1. The van der Waals surface area contributed by atoms with Crippen LogP contribution >= 0.6 is 11.8 Å². The summed E-state index contributed by atoms with van der Waals surface area (Å²) in [6.45, 7) is 6.54. The quantitative estimate of drug-likeness (QED) is 0.763. The molecular weight excluding hydrogens is 280 g/mol. The molecule has 2 nitrogen and oxygen atoms in total. The molecule has 0 aromatic heterocycles. The number of rotatable bonds is 4. The van der Waals surface area contributed by atoms with Gasteiger partial charge in [0.2, 0.25) is 0 Å². The molecule has 0 N–H and O–H groups in total. The van der Waals surface area contributed by atoms with Crippen LogP contribution in [0.25, 0.3) is 0 Å². The van der Waals surface area contributed by atoms with Crippen LogP contribution in [0.5, 0.6) is 0 Å². The van der Waals surface area contributed by atoms with E-state index in [2.05, 4.69) is 20.8 Å². The van der Waals surface area contributed by atoms with Gasteiger partial charge in [0.05, 0.1) is 5.75 Å². The Hall–Kier alpha value is -1.09. The molecule has 3 heteroatoms. The van der Waals surface area contributed by atoms with Crippen LogP contribution in [-0.2, 0) is 4.79 Å². The largest absolute Gasteiger partial charge is 0.293 e. The zero-order valence-electron chi connectivity index (χ0n) is 13.1. The maximum absolute atomic E-state index is 12.6. The van der Waals surface area contributed by atoms with E-state index in [1.54, 1.807) is 12.1 Å². The molecule has 1 aromatic rings. The van der Waals surface area contributed by atoms with Gasteiger partial charge >= 0.3 is 0 Å². The van der Waals surface area contributed by atoms with Crippen LogP contribution in [0.1, 0.15) is 50.4 Å². The number of carbonyl (C=O) groups excluding carboxylic acids is 2. The van der Waals surface area contributed by atoms with Crippen molar-refractivity contribution in [3.05, 3.63) is 35.9 Å². The van der Waals surface area contributed by atoms with E-state index in [0.29, 0.717) is 11.5 Å². The lowest BCUT2D eigenvalue weighted by Gasteiger charge is -2.41. The average molecular weight is 304 g/mol. The minimum atomic E-state index is 0.0372. The molecule has 0 spiro atoms. The SMILES string of the molecule is CC1CCCC(C)(C)C1C(=O)SCC(=O)c1ccccc1. The lowest BCUT2D eigenvalue weighted by molar-refractivity contribution is -0.121. The Morgan fingerprint density at radius 2 is 1.90 bits per heavy atom. The highest BCUT2D eigenvalue weighted by molar-refractivity contribution is 8.14. The number of hydrogen-bond donors (Lipinski definition) is 0. The normalized spacial score (nSPS) is 24.5. The van der Waals surface area contributed by atoms with Crippen molar-refractivity contribution in [1.82, 2.24) is 0 Å². The van der Waals surface area contributed by atoms with Crippen LogP contribution < -0.4 is 0 Å². The Balaban J connectivity index is 1.96. The van der Waals surface area contributed by atoms with Gasteiger partial charge in [0, 0.05) is 11.5 Å².